The molecule has 1 aliphatic heterocycles. The Labute approximate surface area is 71.9 Å². The highest BCUT2D eigenvalue weighted by molar-refractivity contribution is 8.13. The maximum Gasteiger partial charge on any atom is 0.156 e. The molecule has 0 aromatic heterocycles. The molecule has 2 nitrogen and oxygen atoms in total. The number of rotatable bonds is 1. The molecule has 1 aliphatic carbocycles. The zero-order valence-electron chi connectivity index (χ0n) is 6.84. The van der Waals surface area contributed by atoms with E-state index in [9.17, 15) is 0 Å². The summed E-state index contributed by atoms with van der Waals surface area (Å²) >= 11 is 1.88. The first-order valence-electron chi connectivity index (χ1n) is 4.28. The van der Waals surface area contributed by atoms with Gasteiger partial charge in [-0.05, 0) is 18.8 Å². The van der Waals surface area contributed by atoms with Crippen molar-refractivity contribution in [2.75, 3.05) is 12.3 Å². The summed E-state index contributed by atoms with van der Waals surface area (Å²) in [5.74, 6) is 2.00. The Bertz CT molecular complexity index is 175. The van der Waals surface area contributed by atoms with Gasteiger partial charge >= 0.3 is 0 Å². The van der Waals surface area contributed by atoms with E-state index >= 15 is 0 Å². The highest BCUT2D eigenvalue weighted by Gasteiger charge is 2.23. The first-order valence-corrected chi connectivity index (χ1v) is 5.27. The van der Waals surface area contributed by atoms with E-state index in [4.69, 9.17) is 0 Å². The van der Waals surface area contributed by atoms with E-state index < -0.39 is 0 Å². The quantitative estimate of drug-likeness (QED) is 0.644. The van der Waals surface area contributed by atoms with Gasteiger partial charge in [0.1, 0.15) is 0 Å². The van der Waals surface area contributed by atoms with E-state index in [0.717, 1.165) is 18.5 Å². The van der Waals surface area contributed by atoms with E-state index in [2.05, 4.69) is 17.2 Å². The summed E-state index contributed by atoms with van der Waals surface area (Å²) in [7, 11) is 0. The minimum Gasteiger partial charge on any atom is -0.362 e. The molecule has 0 radical (unpaired) electrons. The molecule has 0 spiro atoms. The fourth-order valence-corrected chi connectivity index (χ4v) is 2.01. The molecule has 11 heavy (non-hydrogen) atoms. The second-order valence-electron chi connectivity index (χ2n) is 3.48. The average Bonchev–Trinajstić information content (AvgIpc) is 2.78. The van der Waals surface area contributed by atoms with Crippen LogP contribution in [0, 0.1) is 5.92 Å². The van der Waals surface area contributed by atoms with Crippen molar-refractivity contribution in [2.45, 2.75) is 25.8 Å². The molecule has 2 rings (SSSR count). The SMILES string of the molecule is CC1CN=C(NC2CC2)SC1. The summed E-state index contributed by atoms with van der Waals surface area (Å²) in [6, 6.07) is 0.759. The van der Waals surface area contributed by atoms with Crippen molar-refractivity contribution in [3.8, 4) is 0 Å². The predicted octanol–water partition coefficient (Wildman–Crippen LogP) is 1.48. The Morgan fingerprint density at radius 1 is 1.55 bits per heavy atom. The first kappa shape index (κ1) is 7.47. The number of thioether (sulfide) groups is 1. The van der Waals surface area contributed by atoms with E-state index in [0.29, 0.717) is 0 Å². The number of aliphatic imine (C=N–C) groups is 1. The summed E-state index contributed by atoms with van der Waals surface area (Å²) in [6.45, 7) is 3.27. The average molecular weight is 170 g/mol. The van der Waals surface area contributed by atoms with Crippen LogP contribution in [0.15, 0.2) is 4.99 Å². The maximum atomic E-state index is 4.46. The lowest BCUT2D eigenvalue weighted by molar-refractivity contribution is 0.669. The maximum absolute atomic E-state index is 4.46. The van der Waals surface area contributed by atoms with Crippen molar-refractivity contribution in [3.05, 3.63) is 0 Å². The van der Waals surface area contributed by atoms with Crippen LogP contribution in [-0.4, -0.2) is 23.5 Å². The molecule has 1 unspecified atom stereocenters. The molecule has 0 amide bonds. The third-order valence-electron chi connectivity index (χ3n) is 1.96. The largest absolute Gasteiger partial charge is 0.362 e. The van der Waals surface area contributed by atoms with Gasteiger partial charge in [0.15, 0.2) is 5.17 Å². The molecular formula is C8H14N2S. The van der Waals surface area contributed by atoms with E-state index in [1.165, 1.54) is 23.8 Å². The van der Waals surface area contributed by atoms with E-state index in [1.807, 2.05) is 11.8 Å². The molecule has 0 bridgehead atoms. The molecule has 1 fully saturated rings. The molecule has 1 atom stereocenters. The van der Waals surface area contributed by atoms with Crippen molar-refractivity contribution in [2.24, 2.45) is 10.9 Å². The van der Waals surface area contributed by atoms with Gasteiger partial charge in [-0.1, -0.05) is 18.7 Å². The topological polar surface area (TPSA) is 24.4 Å². The number of hydrogen-bond acceptors (Lipinski definition) is 3. The van der Waals surface area contributed by atoms with Gasteiger partial charge < -0.3 is 5.32 Å². The van der Waals surface area contributed by atoms with Crippen LogP contribution in [0.5, 0.6) is 0 Å². The van der Waals surface area contributed by atoms with Gasteiger partial charge in [-0.3, -0.25) is 4.99 Å². The Kier molecular flexibility index (Phi) is 2.07. The second kappa shape index (κ2) is 3.05. The fraction of sp³-hybridized carbons (Fsp3) is 0.875. The molecule has 3 heteroatoms. The smallest absolute Gasteiger partial charge is 0.156 e. The van der Waals surface area contributed by atoms with Gasteiger partial charge in [0.25, 0.3) is 0 Å². The summed E-state index contributed by atoms with van der Waals surface area (Å²) in [5.41, 5.74) is 0. The van der Waals surface area contributed by atoms with Gasteiger partial charge in [-0.2, -0.15) is 0 Å². The van der Waals surface area contributed by atoms with Crippen molar-refractivity contribution in [3.63, 3.8) is 0 Å². The fourth-order valence-electron chi connectivity index (χ4n) is 1.05. The minimum absolute atomic E-state index is 0.759. The van der Waals surface area contributed by atoms with Gasteiger partial charge in [0, 0.05) is 18.3 Å². The summed E-state index contributed by atoms with van der Waals surface area (Å²) in [5, 5.41) is 4.61. The van der Waals surface area contributed by atoms with Crippen molar-refractivity contribution in [1.82, 2.24) is 5.32 Å². The van der Waals surface area contributed by atoms with Crippen molar-refractivity contribution in [1.29, 1.82) is 0 Å². The lowest BCUT2D eigenvalue weighted by Gasteiger charge is -2.17. The van der Waals surface area contributed by atoms with E-state index in [-0.39, 0.29) is 0 Å². The third kappa shape index (κ3) is 2.12. The molecule has 62 valence electrons. The first-order chi connectivity index (χ1) is 5.34. The highest BCUT2D eigenvalue weighted by Crippen LogP contribution is 2.22. The number of nitrogens with zero attached hydrogens (tertiary/aromatic N) is 1. The van der Waals surface area contributed by atoms with Gasteiger partial charge in [-0.15, -0.1) is 0 Å². The lowest BCUT2D eigenvalue weighted by Crippen LogP contribution is -2.27. The molecule has 1 heterocycles. The Morgan fingerprint density at radius 2 is 2.36 bits per heavy atom. The zero-order chi connectivity index (χ0) is 7.68. The molecule has 0 aromatic carbocycles. The van der Waals surface area contributed by atoms with Crippen LogP contribution in [0.25, 0.3) is 0 Å². The van der Waals surface area contributed by atoms with Crippen LogP contribution in [0.1, 0.15) is 19.8 Å². The van der Waals surface area contributed by atoms with Crippen LogP contribution >= 0.6 is 11.8 Å². The number of amidine groups is 1. The van der Waals surface area contributed by atoms with E-state index in [1.54, 1.807) is 0 Å². The lowest BCUT2D eigenvalue weighted by atomic mass is 10.2. The van der Waals surface area contributed by atoms with Gasteiger partial charge in [0.2, 0.25) is 0 Å². The van der Waals surface area contributed by atoms with Crippen LogP contribution in [0.4, 0.5) is 0 Å². The van der Waals surface area contributed by atoms with Gasteiger partial charge in [0.05, 0.1) is 0 Å². The molecular weight excluding hydrogens is 156 g/mol. The zero-order valence-corrected chi connectivity index (χ0v) is 7.66. The van der Waals surface area contributed by atoms with Crippen LogP contribution in [-0.2, 0) is 0 Å². The summed E-state index contributed by atoms with van der Waals surface area (Å²) in [4.78, 5) is 4.46. The molecule has 2 aliphatic rings. The number of nitrogens with one attached hydrogen (secondary N) is 1. The second-order valence-corrected chi connectivity index (χ2v) is 4.49. The predicted molar refractivity (Wildman–Crippen MR) is 50.1 cm³/mol. The van der Waals surface area contributed by atoms with Crippen molar-refractivity contribution < 1.29 is 0 Å². The standard InChI is InChI=1S/C8H14N2S/c1-6-4-9-8(11-5-6)10-7-2-3-7/h6-7H,2-5H2,1H3,(H,9,10). The van der Waals surface area contributed by atoms with Crippen LogP contribution in [0.3, 0.4) is 0 Å². The summed E-state index contributed by atoms with van der Waals surface area (Å²) in [6.07, 6.45) is 2.68. The Balaban J connectivity index is 1.83. The molecule has 0 saturated heterocycles. The summed E-state index contributed by atoms with van der Waals surface area (Å²) < 4.78 is 0. The molecule has 0 aromatic rings. The third-order valence-corrected chi connectivity index (χ3v) is 3.21. The monoisotopic (exact) mass is 170 g/mol. The van der Waals surface area contributed by atoms with Crippen molar-refractivity contribution >= 4 is 16.9 Å². The minimum atomic E-state index is 0.759. The normalized spacial score (nSPS) is 31.4. The Morgan fingerprint density at radius 3 is 2.91 bits per heavy atom. The molecule has 1 saturated carbocycles. The highest BCUT2D eigenvalue weighted by atomic mass is 32.2. The number of hydrogen-bond donors (Lipinski definition) is 1. The van der Waals surface area contributed by atoms with Crippen LogP contribution in [0.2, 0.25) is 0 Å². The van der Waals surface area contributed by atoms with Gasteiger partial charge in [-0.25, -0.2) is 0 Å². The molecule has 1 N–H and O–H groups in total. The Hall–Kier alpha value is -0.180. The van der Waals surface area contributed by atoms with Crippen LogP contribution < -0.4 is 5.32 Å².